The minimum Gasteiger partial charge on any atom is -0.489 e. The molecule has 3 aromatic carbocycles. The number of ether oxygens (including phenoxy) is 1. The van der Waals surface area contributed by atoms with Crippen molar-refractivity contribution in [2.45, 2.75) is 11.5 Å². The number of nitrogens with one attached hydrogen (secondary N) is 2. The number of nitrogens with zero attached hydrogens (tertiary/aromatic N) is 1. The fourth-order valence-electron chi connectivity index (χ4n) is 2.47. The molecule has 0 fully saturated rings. The predicted octanol–water partition coefficient (Wildman–Crippen LogP) is 4.08. The zero-order valence-corrected chi connectivity index (χ0v) is 17.2. The van der Waals surface area contributed by atoms with Crippen LogP contribution in [0.3, 0.4) is 0 Å². The van der Waals surface area contributed by atoms with Crippen molar-refractivity contribution in [2.75, 3.05) is 11.6 Å². The molecule has 3 aromatic rings. The van der Waals surface area contributed by atoms with E-state index in [1.807, 2.05) is 60.9 Å². The van der Waals surface area contributed by atoms with Crippen LogP contribution in [-0.4, -0.2) is 24.3 Å². The minimum atomic E-state index is -0.851. The van der Waals surface area contributed by atoms with Crippen molar-refractivity contribution in [3.8, 4) is 5.75 Å². The van der Waals surface area contributed by atoms with E-state index in [0.717, 1.165) is 16.0 Å². The van der Waals surface area contributed by atoms with E-state index in [2.05, 4.69) is 15.8 Å². The molecule has 0 aliphatic heterocycles. The largest absolute Gasteiger partial charge is 0.489 e. The van der Waals surface area contributed by atoms with Gasteiger partial charge in [0.15, 0.2) is 0 Å². The summed E-state index contributed by atoms with van der Waals surface area (Å²) in [4.78, 5) is 25.0. The normalized spacial score (nSPS) is 10.6. The highest BCUT2D eigenvalue weighted by molar-refractivity contribution is 7.98. The van der Waals surface area contributed by atoms with Crippen LogP contribution in [0.4, 0.5) is 5.69 Å². The van der Waals surface area contributed by atoms with Crippen molar-refractivity contribution in [3.63, 3.8) is 0 Å². The highest BCUT2D eigenvalue weighted by atomic mass is 32.2. The van der Waals surface area contributed by atoms with Crippen molar-refractivity contribution >= 4 is 35.5 Å². The number of benzene rings is 3. The van der Waals surface area contributed by atoms with Gasteiger partial charge in [0, 0.05) is 10.6 Å². The molecule has 152 valence electrons. The lowest BCUT2D eigenvalue weighted by Crippen LogP contribution is -2.32. The summed E-state index contributed by atoms with van der Waals surface area (Å²) in [7, 11) is 0. The van der Waals surface area contributed by atoms with E-state index in [1.165, 1.54) is 6.21 Å². The van der Waals surface area contributed by atoms with Crippen LogP contribution in [-0.2, 0) is 16.2 Å². The number of thioether (sulfide) groups is 1. The smallest absolute Gasteiger partial charge is 0.329 e. The Morgan fingerprint density at radius 2 is 1.63 bits per heavy atom. The highest BCUT2D eigenvalue weighted by Gasteiger charge is 2.12. The molecule has 0 bridgehead atoms. The van der Waals surface area contributed by atoms with Crippen LogP contribution in [0.5, 0.6) is 5.75 Å². The van der Waals surface area contributed by atoms with Gasteiger partial charge in [0.05, 0.1) is 6.21 Å². The third-order valence-corrected chi connectivity index (χ3v) is 4.81. The molecule has 0 heterocycles. The van der Waals surface area contributed by atoms with Gasteiger partial charge in [-0.05, 0) is 53.8 Å². The summed E-state index contributed by atoms with van der Waals surface area (Å²) in [6, 6.07) is 24.3. The van der Waals surface area contributed by atoms with Gasteiger partial charge in [-0.2, -0.15) is 5.10 Å². The predicted molar refractivity (Wildman–Crippen MR) is 120 cm³/mol. The summed E-state index contributed by atoms with van der Waals surface area (Å²) >= 11 is 1.64. The molecule has 0 aliphatic rings. The molecule has 7 heteroatoms. The maximum atomic E-state index is 12.0. The number of rotatable bonds is 7. The lowest BCUT2D eigenvalue weighted by molar-refractivity contribution is -0.136. The molecule has 0 aromatic heterocycles. The van der Waals surface area contributed by atoms with Gasteiger partial charge in [0.2, 0.25) is 0 Å². The van der Waals surface area contributed by atoms with Crippen LogP contribution in [0.25, 0.3) is 0 Å². The molecule has 0 radical (unpaired) electrons. The second kappa shape index (κ2) is 10.8. The number of carbonyl (C=O) groups is 2. The number of hydrogen-bond donors (Lipinski definition) is 2. The van der Waals surface area contributed by atoms with Gasteiger partial charge in [0.1, 0.15) is 12.4 Å². The summed E-state index contributed by atoms with van der Waals surface area (Å²) < 4.78 is 5.70. The van der Waals surface area contributed by atoms with Gasteiger partial charge in [-0.15, -0.1) is 11.8 Å². The molecule has 0 saturated carbocycles. The van der Waals surface area contributed by atoms with Crippen LogP contribution in [0, 0.1) is 0 Å². The van der Waals surface area contributed by atoms with Crippen LogP contribution in [0.15, 0.2) is 88.9 Å². The molecule has 0 atom stereocenters. The molecule has 0 saturated heterocycles. The highest BCUT2D eigenvalue weighted by Crippen LogP contribution is 2.17. The molecule has 0 aliphatic carbocycles. The molecule has 6 nitrogen and oxygen atoms in total. The van der Waals surface area contributed by atoms with E-state index in [-0.39, 0.29) is 0 Å². The molecule has 0 spiro atoms. The van der Waals surface area contributed by atoms with Gasteiger partial charge in [-0.3, -0.25) is 9.59 Å². The summed E-state index contributed by atoms with van der Waals surface area (Å²) in [6.07, 6.45) is 3.47. The number of carbonyl (C=O) groups excluding carboxylic acids is 2. The maximum Gasteiger partial charge on any atom is 0.329 e. The Labute approximate surface area is 179 Å². The van der Waals surface area contributed by atoms with Crippen molar-refractivity contribution in [3.05, 3.63) is 90.0 Å². The summed E-state index contributed by atoms with van der Waals surface area (Å²) in [6.45, 7) is 0.451. The minimum absolute atomic E-state index is 0.451. The second-order valence-corrected chi connectivity index (χ2v) is 7.10. The van der Waals surface area contributed by atoms with Crippen LogP contribution in [0.2, 0.25) is 0 Å². The Balaban J connectivity index is 1.46. The van der Waals surface area contributed by atoms with E-state index in [0.29, 0.717) is 18.0 Å². The first kappa shape index (κ1) is 21.1. The average Bonchev–Trinajstić information content (AvgIpc) is 2.79. The van der Waals surface area contributed by atoms with Gasteiger partial charge in [0.25, 0.3) is 0 Å². The molecular weight excluding hydrogens is 398 g/mol. The first-order chi connectivity index (χ1) is 14.6. The third kappa shape index (κ3) is 6.49. The standard InChI is InChI=1S/C23H21N3O3S/c1-30-21-13-7-17(8-14-21)15-24-26-23(28)22(27)25-19-9-11-20(12-10-19)29-16-18-5-3-2-4-6-18/h2-15H,16H2,1H3,(H,25,27)(H,26,28)/b24-15-. The van der Waals surface area contributed by atoms with Crippen molar-refractivity contribution in [1.82, 2.24) is 5.43 Å². The molecular formula is C23H21N3O3S. The first-order valence-corrected chi connectivity index (χ1v) is 10.4. The Morgan fingerprint density at radius 1 is 0.933 bits per heavy atom. The number of hydrogen-bond acceptors (Lipinski definition) is 5. The van der Waals surface area contributed by atoms with Gasteiger partial charge in [-0.25, -0.2) is 5.43 Å². The van der Waals surface area contributed by atoms with E-state index < -0.39 is 11.8 Å². The quantitative estimate of drug-likeness (QED) is 0.262. The van der Waals surface area contributed by atoms with Crippen molar-refractivity contribution in [1.29, 1.82) is 0 Å². The lowest BCUT2D eigenvalue weighted by atomic mass is 10.2. The monoisotopic (exact) mass is 419 g/mol. The molecule has 2 N–H and O–H groups in total. The van der Waals surface area contributed by atoms with Crippen LogP contribution < -0.4 is 15.5 Å². The number of anilines is 1. The Bertz CT molecular complexity index is 1000. The van der Waals surface area contributed by atoms with Crippen molar-refractivity contribution in [2.24, 2.45) is 5.10 Å². The van der Waals surface area contributed by atoms with E-state index in [4.69, 9.17) is 4.74 Å². The fourth-order valence-corrected chi connectivity index (χ4v) is 2.88. The third-order valence-electron chi connectivity index (χ3n) is 4.06. The van der Waals surface area contributed by atoms with Crippen molar-refractivity contribution < 1.29 is 14.3 Å². The maximum absolute atomic E-state index is 12.0. The van der Waals surface area contributed by atoms with Gasteiger partial charge in [-0.1, -0.05) is 42.5 Å². The first-order valence-electron chi connectivity index (χ1n) is 9.19. The average molecular weight is 420 g/mol. The second-order valence-electron chi connectivity index (χ2n) is 6.23. The molecule has 2 amide bonds. The fraction of sp³-hybridized carbons (Fsp3) is 0.0870. The zero-order chi connectivity index (χ0) is 21.2. The molecule has 30 heavy (non-hydrogen) atoms. The van der Waals surface area contributed by atoms with E-state index in [9.17, 15) is 9.59 Å². The van der Waals surface area contributed by atoms with Crippen LogP contribution in [0.1, 0.15) is 11.1 Å². The summed E-state index contributed by atoms with van der Waals surface area (Å²) in [5, 5.41) is 6.34. The Hall–Kier alpha value is -3.58. The Morgan fingerprint density at radius 3 is 2.30 bits per heavy atom. The van der Waals surface area contributed by atoms with Crippen LogP contribution >= 0.6 is 11.8 Å². The zero-order valence-electron chi connectivity index (χ0n) is 16.4. The lowest BCUT2D eigenvalue weighted by Gasteiger charge is -2.08. The topological polar surface area (TPSA) is 79.8 Å². The van der Waals surface area contributed by atoms with E-state index >= 15 is 0 Å². The summed E-state index contributed by atoms with van der Waals surface area (Å²) in [5.74, 6) is -0.988. The molecule has 3 rings (SSSR count). The molecule has 0 unspecified atom stereocenters. The Kier molecular flexibility index (Phi) is 7.63. The number of hydrazone groups is 1. The van der Waals surface area contributed by atoms with Gasteiger partial charge < -0.3 is 10.1 Å². The number of amides is 2. The van der Waals surface area contributed by atoms with Gasteiger partial charge >= 0.3 is 11.8 Å². The SMILES string of the molecule is CSc1ccc(/C=N\NC(=O)C(=O)Nc2ccc(OCc3ccccc3)cc2)cc1. The summed E-state index contributed by atoms with van der Waals surface area (Å²) in [5.41, 5.74) is 4.58. The van der Waals surface area contributed by atoms with E-state index in [1.54, 1.807) is 36.0 Å².